The van der Waals surface area contributed by atoms with Crippen molar-refractivity contribution in [1.29, 1.82) is 0 Å². The molecule has 0 bridgehead atoms. The van der Waals surface area contributed by atoms with Crippen LogP contribution in [0.25, 0.3) is 0 Å². The molecule has 1 aliphatic carbocycles. The standard InChI is InChI=1S/C17H28N2O2/c1-19(11-14-5-3-2-4-6-14)12-16(20)13-21-17-9-7-15(18)8-10-17/h7-10,14,16,20H,2-6,11-13,18H2,1H3. The van der Waals surface area contributed by atoms with Crippen LogP contribution in [0.1, 0.15) is 32.1 Å². The molecule has 0 radical (unpaired) electrons. The van der Waals surface area contributed by atoms with Crippen molar-refractivity contribution in [3.8, 4) is 5.75 Å². The molecular formula is C17H28N2O2. The highest BCUT2D eigenvalue weighted by molar-refractivity contribution is 5.41. The predicted molar refractivity (Wildman–Crippen MR) is 86.4 cm³/mol. The van der Waals surface area contributed by atoms with Gasteiger partial charge in [0.25, 0.3) is 0 Å². The fourth-order valence-corrected chi connectivity index (χ4v) is 3.05. The van der Waals surface area contributed by atoms with Gasteiger partial charge < -0.3 is 20.5 Å². The first kappa shape index (κ1) is 16.1. The van der Waals surface area contributed by atoms with Gasteiger partial charge in [-0.1, -0.05) is 19.3 Å². The van der Waals surface area contributed by atoms with E-state index in [0.717, 1.165) is 23.9 Å². The van der Waals surface area contributed by atoms with Crippen molar-refractivity contribution in [3.63, 3.8) is 0 Å². The number of likely N-dealkylation sites (N-methyl/N-ethyl adjacent to an activating group) is 1. The highest BCUT2D eigenvalue weighted by atomic mass is 16.5. The number of nitrogens with two attached hydrogens (primary N) is 1. The number of hydrogen-bond donors (Lipinski definition) is 2. The molecule has 1 unspecified atom stereocenters. The lowest BCUT2D eigenvalue weighted by atomic mass is 9.89. The lowest BCUT2D eigenvalue weighted by Gasteiger charge is -2.28. The summed E-state index contributed by atoms with van der Waals surface area (Å²) in [5.74, 6) is 1.55. The Morgan fingerprint density at radius 2 is 1.90 bits per heavy atom. The van der Waals surface area contributed by atoms with Gasteiger partial charge in [-0.2, -0.15) is 0 Å². The predicted octanol–water partition coefficient (Wildman–Crippen LogP) is 2.52. The molecule has 0 heterocycles. The number of hydrogen-bond acceptors (Lipinski definition) is 4. The molecule has 1 aromatic rings. The van der Waals surface area contributed by atoms with E-state index in [1.807, 2.05) is 12.1 Å². The fraction of sp³-hybridized carbons (Fsp3) is 0.647. The van der Waals surface area contributed by atoms with Crippen molar-refractivity contribution < 1.29 is 9.84 Å². The number of rotatable bonds is 7. The molecule has 0 amide bonds. The van der Waals surface area contributed by atoms with E-state index in [9.17, 15) is 5.11 Å². The van der Waals surface area contributed by atoms with Crippen LogP contribution in [0.5, 0.6) is 5.75 Å². The number of nitrogen functional groups attached to an aromatic ring is 1. The summed E-state index contributed by atoms with van der Waals surface area (Å²) in [4.78, 5) is 2.23. The first-order valence-electron chi connectivity index (χ1n) is 7.98. The summed E-state index contributed by atoms with van der Waals surface area (Å²) in [7, 11) is 2.08. The fourth-order valence-electron chi connectivity index (χ4n) is 3.05. The number of anilines is 1. The van der Waals surface area contributed by atoms with Crippen LogP contribution in [0.15, 0.2) is 24.3 Å². The van der Waals surface area contributed by atoms with Gasteiger partial charge in [0.2, 0.25) is 0 Å². The largest absolute Gasteiger partial charge is 0.491 e. The molecule has 118 valence electrons. The van der Waals surface area contributed by atoms with Gasteiger partial charge in [-0.15, -0.1) is 0 Å². The average Bonchev–Trinajstić information content (AvgIpc) is 2.47. The van der Waals surface area contributed by atoms with Crippen LogP contribution in [0.3, 0.4) is 0 Å². The van der Waals surface area contributed by atoms with Crippen LogP contribution >= 0.6 is 0 Å². The van der Waals surface area contributed by atoms with Crippen LogP contribution in [0.4, 0.5) is 5.69 Å². The third-order valence-corrected chi connectivity index (χ3v) is 4.14. The third kappa shape index (κ3) is 5.94. The number of aliphatic hydroxyl groups is 1. The zero-order valence-corrected chi connectivity index (χ0v) is 13.0. The smallest absolute Gasteiger partial charge is 0.119 e. The second-order valence-corrected chi connectivity index (χ2v) is 6.26. The van der Waals surface area contributed by atoms with E-state index in [1.165, 1.54) is 32.1 Å². The van der Waals surface area contributed by atoms with Gasteiger partial charge in [-0.05, 0) is 50.1 Å². The first-order chi connectivity index (χ1) is 10.1. The normalized spacial score (nSPS) is 17.9. The van der Waals surface area contributed by atoms with Crippen molar-refractivity contribution >= 4 is 5.69 Å². The molecule has 0 aliphatic heterocycles. The van der Waals surface area contributed by atoms with Gasteiger partial charge in [-0.25, -0.2) is 0 Å². The monoisotopic (exact) mass is 292 g/mol. The van der Waals surface area contributed by atoms with Gasteiger partial charge in [-0.3, -0.25) is 0 Å². The van der Waals surface area contributed by atoms with Crippen molar-refractivity contribution in [1.82, 2.24) is 4.90 Å². The van der Waals surface area contributed by atoms with Crippen molar-refractivity contribution in [3.05, 3.63) is 24.3 Å². The molecule has 1 atom stereocenters. The van der Waals surface area contributed by atoms with Gasteiger partial charge in [0.15, 0.2) is 0 Å². The maximum absolute atomic E-state index is 10.1. The van der Waals surface area contributed by atoms with Crippen LogP contribution in [0, 0.1) is 5.92 Å². The molecule has 2 rings (SSSR count). The molecule has 1 fully saturated rings. The Kier molecular flexibility index (Phi) is 6.33. The molecule has 1 aliphatic rings. The zero-order chi connectivity index (χ0) is 15.1. The zero-order valence-electron chi connectivity index (χ0n) is 13.0. The van der Waals surface area contributed by atoms with E-state index in [4.69, 9.17) is 10.5 Å². The average molecular weight is 292 g/mol. The quantitative estimate of drug-likeness (QED) is 0.758. The Hall–Kier alpha value is -1.26. The van der Waals surface area contributed by atoms with Crippen LogP contribution < -0.4 is 10.5 Å². The summed E-state index contributed by atoms with van der Waals surface area (Å²) in [6.45, 7) is 2.06. The molecule has 1 aromatic carbocycles. The van der Waals surface area contributed by atoms with E-state index in [2.05, 4.69) is 11.9 Å². The first-order valence-corrected chi connectivity index (χ1v) is 7.98. The Labute approximate surface area is 127 Å². The maximum Gasteiger partial charge on any atom is 0.119 e. The summed E-state index contributed by atoms with van der Waals surface area (Å²) in [6.07, 6.45) is 6.32. The highest BCUT2D eigenvalue weighted by Crippen LogP contribution is 2.24. The molecule has 1 saturated carbocycles. The highest BCUT2D eigenvalue weighted by Gasteiger charge is 2.17. The molecule has 3 N–H and O–H groups in total. The van der Waals surface area contributed by atoms with E-state index in [1.54, 1.807) is 12.1 Å². The Morgan fingerprint density at radius 1 is 1.24 bits per heavy atom. The van der Waals surface area contributed by atoms with Gasteiger partial charge in [0, 0.05) is 18.8 Å². The minimum atomic E-state index is -0.462. The lowest BCUT2D eigenvalue weighted by molar-refractivity contribution is 0.0695. The third-order valence-electron chi connectivity index (χ3n) is 4.14. The summed E-state index contributed by atoms with van der Waals surface area (Å²) in [6, 6.07) is 7.26. The minimum Gasteiger partial charge on any atom is -0.491 e. The summed E-state index contributed by atoms with van der Waals surface area (Å²) >= 11 is 0. The molecule has 4 nitrogen and oxygen atoms in total. The number of nitrogens with zero attached hydrogens (tertiary/aromatic N) is 1. The minimum absolute atomic E-state index is 0.318. The second kappa shape index (κ2) is 8.25. The molecular weight excluding hydrogens is 264 g/mol. The summed E-state index contributed by atoms with van der Waals surface area (Å²) in [5.41, 5.74) is 6.34. The Morgan fingerprint density at radius 3 is 2.57 bits per heavy atom. The van der Waals surface area contributed by atoms with Crippen molar-refractivity contribution in [2.24, 2.45) is 5.92 Å². The van der Waals surface area contributed by atoms with E-state index >= 15 is 0 Å². The van der Waals surface area contributed by atoms with Gasteiger partial charge >= 0.3 is 0 Å². The summed E-state index contributed by atoms with van der Waals surface area (Å²) < 4.78 is 5.58. The molecule has 0 spiro atoms. The topological polar surface area (TPSA) is 58.7 Å². The number of ether oxygens (including phenoxy) is 1. The maximum atomic E-state index is 10.1. The Balaban J connectivity index is 1.65. The van der Waals surface area contributed by atoms with Crippen molar-refractivity contribution in [2.75, 3.05) is 32.5 Å². The van der Waals surface area contributed by atoms with Crippen molar-refractivity contribution in [2.45, 2.75) is 38.2 Å². The lowest BCUT2D eigenvalue weighted by Crippen LogP contribution is -2.36. The van der Waals surface area contributed by atoms with Gasteiger partial charge in [0.05, 0.1) is 0 Å². The Bertz CT molecular complexity index is 402. The van der Waals surface area contributed by atoms with E-state index in [0.29, 0.717) is 13.2 Å². The second-order valence-electron chi connectivity index (χ2n) is 6.26. The van der Waals surface area contributed by atoms with Gasteiger partial charge in [0.1, 0.15) is 18.5 Å². The molecule has 0 aromatic heterocycles. The number of benzene rings is 1. The van der Waals surface area contributed by atoms with Crippen LogP contribution in [0.2, 0.25) is 0 Å². The molecule has 4 heteroatoms. The van der Waals surface area contributed by atoms with Crippen LogP contribution in [-0.2, 0) is 0 Å². The number of aliphatic hydroxyl groups excluding tert-OH is 1. The SMILES string of the molecule is CN(CC(O)COc1ccc(N)cc1)CC1CCCCC1. The summed E-state index contributed by atoms with van der Waals surface area (Å²) in [5, 5.41) is 10.1. The van der Waals surface area contributed by atoms with E-state index in [-0.39, 0.29) is 0 Å². The van der Waals surface area contributed by atoms with E-state index < -0.39 is 6.10 Å². The molecule has 21 heavy (non-hydrogen) atoms. The molecule has 0 saturated heterocycles. The van der Waals surface area contributed by atoms with Crippen LogP contribution in [-0.4, -0.2) is 42.9 Å².